The number of rotatable bonds is 6. The van der Waals surface area contributed by atoms with Crippen LogP contribution in [-0.4, -0.2) is 74.0 Å². The third-order valence-corrected chi connectivity index (χ3v) is 9.62. The second-order valence-electron chi connectivity index (χ2n) is 12.1. The van der Waals surface area contributed by atoms with Crippen molar-refractivity contribution >= 4 is 46.7 Å². The Bertz CT molecular complexity index is 1940. The number of halogens is 2. The van der Waals surface area contributed by atoms with Gasteiger partial charge in [-0.3, -0.25) is 14.4 Å². The van der Waals surface area contributed by atoms with Crippen molar-refractivity contribution in [3.8, 4) is 5.69 Å². The van der Waals surface area contributed by atoms with Gasteiger partial charge in [0.2, 0.25) is 0 Å². The van der Waals surface area contributed by atoms with Crippen molar-refractivity contribution in [2.45, 2.75) is 43.7 Å². The number of carboxylic acids is 1. The number of nitrogens with zero attached hydrogens (tertiary/aromatic N) is 5. The summed E-state index contributed by atoms with van der Waals surface area (Å²) < 4.78 is 21.6. The number of aromatic carboxylic acids is 1. The Balaban J connectivity index is 1.21. The highest BCUT2D eigenvalue weighted by Gasteiger charge is 2.44. The smallest absolute Gasteiger partial charge is 0.335 e. The van der Waals surface area contributed by atoms with Crippen LogP contribution in [0.5, 0.6) is 0 Å². The van der Waals surface area contributed by atoms with Crippen LogP contribution in [-0.2, 0) is 20.7 Å². The van der Waals surface area contributed by atoms with Crippen molar-refractivity contribution in [1.82, 2.24) is 19.9 Å². The molecular weight excluding hydrogens is 643 g/mol. The normalized spacial score (nSPS) is 18.4. The number of anilines is 2. The summed E-state index contributed by atoms with van der Waals surface area (Å²) in [4.78, 5) is 55.0. The first-order valence-electron chi connectivity index (χ1n) is 15.5. The fourth-order valence-electron chi connectivity index (χ4n) is 6.83. The standard InChI is InChI=1S/C34H30ClFN6O6/c35-24-4-2-6-27(29(24)36)42-19-25(38-39-42)32(45)41-16-12-22-23(30(41)31(44)37-21-9-7-20(8-10-21)33(46)47)3-1-5-26(22)40-17-14-34(15-18-40)13-11-28(43)48-34/h1-10,19,30H,11-18H2,(H,37,44)(H,46,47). The summed E-state index contributed by atoms with van der Waals surface area (Å²) in [5.74, 6) is -3.06. The van der Waals surface area contributed by atoms with Gasteiger partial charge in [0.1, 0.15) is 17.3 Å². The molecule has 0 aliphatic carbocycles. The lowest BCUT2D eigenvalue weighted by Gasteiger charge is -2.42. The van der Waals surface area contributed by atoms with Gasteiger partial charge in [-0.2, -0.15) is 0 Å². The number of benzene rings is 3. The number of hydrogen-bond acceptors (Lipinski definition) is 8. The Morgan fingerprint density at radius 3 is 2.40 bits per heavy atom. The van der Waals surface area contributed by atoms with E-state index in [0.29, 0.717) is 56.4 Å². The SMILES string of the molecule is O=C1CCC2(CCN(c3cccc4c3CCN(C(=O)c3cn(-c5cccc(Cl)c5F)nn3)C4C(=O)Nc3ccc(C(=O)O)cc3)CC2)O1. The van der Waals surface area contributed by atoms with Crippen LogP contribution in [0.4, 0.5) is 15.8 Å². The van der Waals surface area contributed by atoms with Gasteiger partial charge in [0.15, 0.2) is 11.5 Å². The molecule has 1 atom stereocenters. The molecule has 0 radical (unpaired) electrons. The van der Waals surface area contributed by atoms with E-state index >= 15 is 0 Å². The lowest BCUT2D eigenvalue weighted by molar-refractivity contribution is -0.149. The van der Waals surface area contributed by atoms with Crippen LogP contribution in [0.15, 0.2) is 66.9 Å². The molecule has 2 saturated heterocycles. The average Bonchev–Trinajstić information content (AvgIpc) is 3.72. The van der Waals surface area contributed by atoms with Crippen molar-refractivity contribution in [2.75, 3.05) is 29.9 Å². The summed E-state index contributed by atoms with van der Waals surface area (Å²) in [6, 6.07) is 14.7. The van der Waals surface area contributed by atoms with Crippen LogP contribution in [0.25, 0.3) is 5.69 Å². The quantitative estimate of drug-likeness (QED) is 0.276. The number of carbonyl (C=O) groups is 4. The molecule has 3 aromatic carbocycles. The molecule has 14 heteroatoms. The van der Waals surface area contributed by atoms with Gasteiger partial charge >= 0.3 is 11.9 Å². The van der Waals surface area contributed by atoms with E-state index < -0.39 is 35.2 Å². The zero-order valence-electron chi connectivity index (χ0n) is 25.6. The Hall–Kier alpha value is -5.30. The lowest BCUT2D eigenvalue weighted by atomic mass is 9.86. The number of carbonyl (C=O) groups excluding carboxylic acids is 3. The van der Waals surface area contributed by atoms with Crippen LogP contribution in [0.1, 0.15) is 63.7 Å². The third kappa shape index (κ3) is 5.74. The molecule has 2 N–H and O–H groups in total. The molecule has 4 aromatic rings. The molecule has 1 aromatic heterocycles. The summed E-state index contributed by atoms with van der Waals surface area (Å²) in [6.45, 7) is 1.51. The second-order valence-corrected chi connectivity index (χ2v) is 12.5. The molecule has 1 spiro atoms. The molecule has 3 aliphatic heterocycles. The van der Waals surface area contributed by atoms with Gasteiger partial charge in [0.05, 0.1) is 16.8 Å². The Morgan fingerprint density at radius 1 is 0.958 bits per heavy atom. The molecular formula is C34H30ClFN6O6. The molecule has 3 aliphatic rings. The van der Waals surface area contributed by atoms with Gasteiger partial charge in [0, 0.05) is 50.3 Å². The van der Waals surface area contributed by atoms with E-state index in [9.17, 15) is 28.7 Å². The van der Waals surface area contributed by atoms with Crippen molar-refractivity contribution in [1.29, 1.82) is 0 Å². The molecule has 2 amide bonds. The Morgan fingerprint density at radius 2 is 1.69 bits per heavy atom. The summed E-state index contributed by atoms with van der Waals surface area (Å²) in [5, 5.41) is 20.0. The Kier molecular flexibility index (Phi) is 8.07. The van der Waals surface area contributed by atoms with E-state index in [1.54, 1.807) is 6.07 Å². The van der Waals surface area contributed by atoms with E-state index in [4.69, 9.17) is 16.3 Å². The molecule has 246 valence electrons. The van der Waals surface area contributed by atoms with Crippen LogP contribution < -0.4 is 10.2 Å². The number of aromatic nitrogens is 3. The molecule has 2 fully saturated rings. The fraction of sp³-hybridized carbons (Fsp3) is 0.294. The summed E-state index contributed by atoms with van der Waals surface area (Å²) in [5.41, 5.74) is 2.42. The van der Waals surface area contributed by atoms with Crippen LogP contribution in [0.3, 0.4) is 0 Å². The van der Waals surface area contributed by atoms with Gasteiger partial charge in [-0.15, -0.1) is 5.10 Å². The van der Waals surface area contributed by atoms with Crippen LogP contribution >= 0.6 is 11.6 Å². The third-order valence-electron chi connectivity index (χ3n) is 9.33. The number of nitrogens with one attached hydrogen (secondary N) is 1. The molecule has 0 bridgehead atoms. The minimum Gasteiger partial charge on any atom is -0.478 e. The molecule has 12 nitrogen and oxygen atoms in total. The number of fused-ring (bicyclic) bond motifs is 1. The lowest BCUT2D eigenvalue weighted by Crippen LogP contribution is -2.47. The summed E-state index contributed by atoms with van der Waals surface area (Å²) in [6.07, 6.45) is 4.29. The number of piperidine rings is 1. The van der Waals surface area contributed by atoms with Gasteiger partial charge in [-0.25, -0.2) is 13.9 Å². The van der Waals surface area contributed by atoms with Gasteiger partial charge < -0.3 is 25.0 Å². The van der Waals surface area contributed by atoms with Crippen molar-refractivity contribution in [2.24, 2.45) is 0 Å². The molecule has 48 heavy (non-hydrogen) atoms. The maximum atomic E-state index is 14.7. The van der Waals surface area contributed by atoms with E-state index in [0.717, 1.165) is 15.9 Å². The highest BCUT2D eigenvalue weighted by molar-refractivity contribution is 6.30. The summed E-state index contributed by atoms with van der Waals surface area (Å²) >= 11 is 5.95. The van der Waals surface area contributed by atoms with Gasteiger partial charge in [0.25, 0.3) is 11.8 Å². The number of amides is 2. The topological polar surface area (TPSA) is 147 Å². The van der Waals surface area contributed by atoms with Crippen molar-refractivity contribution in [3.63, 3.8) is 0 Å². The number of carboxylic acid groups (broad SMARTS) is 1. The predicted octanol–water partition coefficient (Wildman–Crippen LogP) is 4.81. The average molecular weight is 673 g/mol. The first-order chi connectivity index (χ1) is 23.1. The second kappa shape index (κ2) is 12.4. The van der Waals surface area contributed by atoms with Crippen LogP contribution in [0.2, 0.25) is 5.02 Å². The zero-order valence-corrected chi connectivity index (χ0v) is 26.3. The number of ether oxygens (including phenoxy) is 1. The minimum atomic E-state index is -1.10. The van der Waals surface area contributed by atoms with E-state index in [2.05, 4.69) is 20.5 Å². The summed E-state index contributed by atoms with van der Waals surface area (Å²) in [7, 11) is 0. The van der Waals surface area contributed by atoms with Crippen molar-refractivity contribution in [3.05, 3.63) is 100 Å². The maximum absolute atomic E-state index is 14.7. The first-order valence-corrected chi connectivity index (χ1v) is 15.9. The molecule has 0 saturated carbocycles. The fourth-order valence-corrected chi connectivity index (χ4v) is 7.00. The molecule has 4 heterocycles. The molecule has 7 rings (SSSR count). The highest BCUT2D eigenvalue weighted by Crippen LogP contribution is 2.41. The van der Waals surface area contributed by atoms with E-state index in [-0.39, 0.29) is 34.5 Å². The van der Waals surface area contributed by atoms with E-state index in [1.807, 2.05) is 18.2 Å². The zero-order chi connectivity index (χ0) is 33.6. The van der Waals surface area contributed by atoms with Gasteiger partial charge in [-0.1, -0.05) is 35.0 Å². The maximum Gasteiger partial charge on any atom is 0.335 e. The van der Waals surface area contributed by atoms with Crippen LogP contribution in [0, 0.1) is 5.82 Å². The first kappa shape index (κ1) is 31.3. The number of hydrogen-bond donors (Lipinski definition) is 2. The van der Waals surface area contributed by atoms with E-state index in [1.165, 1.54) is 47.5 Å². The number of esters is 1. The van der Waals surface area contributed by atoms with Crippen molar-refractivity contribution < 1.29 is 33.4 Å². The van der Waals surface area contributed by atoms with Gasteiger partial charge in [-0.05, 0) is 66.4 Å². The largest absolute Gasteiger partial charge is 0.478 e. The molecule has 1 unspecified atom stereocenters. The predicted molar refractivity (Wildman–Crippen MR) is 172 cm³/mol. The Labute approximate surface area is 279 Å². The highest BCUT2D eigenvalue weighted by atomic mass is 35.5. The minimum absolute atomic E-state index is 0.0115. The monoisotopic (exact) mass is 672 g/mol.